The normalized spacial score (nSPS) is 18.4. The van der Waals surface area contributed by atoms with Crippen LogP contribution in [0.15, 0.2) is 18.2 Å². The van der Waals surface area contributed by atoms with Crippen LogP contribution in [0.2, 0.25) is 0 Å². The molecule has 21 heavy (non-hydrogen) atoms. The maximum absolute atomic E-state index is 12.1. The predicted octanol–water partition coefficient (Wildman–Crippen LogP) is 0.854. The third-order valence-corrected chi connectivity index (χ3v) is 3.89. The zero-order chi connectivity index (χ0) is 15.4. The third kappa shape index (κ3) is 4.04. The highest BCUT2D eigenvalue weighted by molar-refractivity contribution is 5.96. The van der Waals surface area contributed by atoms with Crippen LogP contribution >= 0.6 is 0 Å². The maximum atomic E-state index is 12.1. The summed E-state index contributed by atoms with van der Waals surface area (Å²) in [6, 6.07) is 5.86. The summed E-state index contributed by atoms with van der Waals surface area (Å²) >= 11 is 0. The van der Waals surface area contributed by atoms with Crippen molar-refractivity contribution in [3.8, 4) is 0 Å². The zero-order valence-electron chi connectivity index (χ0n) is 12.9. The summed E-state index contributed by atoms with van der Waals surface area (Å²) in [7, 11) is 0. The van der Waals surface area contributed by atoms with Gasteiger partial charge in [0, 0.05) is 31.2 Å². The molecule has 1 aliphatic rings. The van der Waals surface area contributed by atoms with E-state index in [1.54, 1.807) is 11.0 Å². The van der Waals surface area contributed by atoms with Gasteiger partial charge in [0.05, 0.1) is 6.54 Å². The van der Waals surface area contributed by atoms with E-state index in [0.29, 0.717) is 24.7 Å². The fraction of sp³-hybridized carbons (Fsp3) is 0.500. The average Bonchev–Trinajstić information content (AvgIpc) is 2.47. The van der Waals surface area contributed by atoms with Gasteiger partial charge in [-0.05, 0) is 44.0 Å². The van der Waals surface area contributed by atoms with Gasteiger partial charge in [-0.3, -0.25) is 9.59 Å². The van der Waals surface area contributed by atoms with Crippen molar-refractivity contribution in [2.45, 2.75) is 26.8 Å². The lowest BCUT2D eigenvalue weighted by Gasteiger charge is -2.31. The van der Waals surface area contributed by atoms with Crippen LogP contribution in [0.1, 0.15) is 28.4 Å². The monoisotopic (exact) mass is 289 g/mol. The lowest BCUT2D eigenvalue weighted by Crippen LogP contribution is -2.53. The topological polar surface area (TPSA) is 61.4 Å². The van der Waals surface area contributed by atoms with E-state index in [4.69, 9.17) is 0 Å². The molecule has 2 rings (SSSR count). The minimum absolute atomic E-state index is 0.0273. The molecule has 0 unspecified atom stereocenters. The molecular weight excluding hydrogens is 266 g/mol. The number of carbonyl (C=O) groups excluding carboxylic acids is 2. The number of nitrogens with zero attached hydrogens (tertiary/aromatic N) is 1. The van der Waals surface area contributed by atoms with E-state index in [0.717, 1.165) is 17.7 Å². The van der Waals surface area contributed by atoms with Crippen molar-refractivity contribution in [3.63, 3.8) is 0 Å². The molecule has 1 aliphatic heterocycles. The number of hydrogen-bond donors (Lipinski definition) is 2. The SMILES string of the molecule is Cc1ccc(C(=O)NCC(=O)N2CCN[C@H](C)C2)cc1C. The molecular formula is C16H23N3O2. The predicted molar refractivity (Wildman–Crippen MR) is 82.3 cm³/mol. The molecule has 0 spiro atoms. The van der Waals surface area contributed by atoms with Crippen LogP contribution in [-0.2, 0) is 4.79 Å². The Morgan fingerprint density at radius 3 is 2.76 bits per heavy atom. The largest absolute Gasteiger partial charge is 0.343 e. The zero-order valence-corrected chi connectivity index (χ0v) is 12.9. The first-order valence-electron chi connectivity index (χ1n) is 7.34. The Morgan fingerprint density at radius 2 is 2.10 bits per heavy atom. The van der Waals surface area contributed by atoms with Crippen molar-refractivity contribution >= 4 is 11.8 Å². The lowest BCUT2D eigenvalue weighted by atomic mass is 10.1. The number of rotatable bonds is 3. The van der Waals surface area contributed by atoms with Crippen molar-refractivity contribution < 1.29 is 9.59 Å². The number of aryl methyl sites for hydroxylation is 2. The molecule has 0 aromatic heterocycles. The maximum Gasteiger partial charge on any atom is 0.251 e. The smallest absolute Gasteiger partial charge is 0.251 e. The van der Waals surface area contributed by atoms with E-state index in [-0.39, 0.29) is 18.4 Å². The summed E-state index contributed by atoms with van der Waals surface area (Å²) in [5, 5.41) is 5.99. The van der Waals surface area contributed by atoms with Crippen molar-refractivity contribution in [1.29, 1.82) is 0 Å². The van der Waals surface area contributed by atoms with E-state index in [2.05, 4.69) is 10.6 Å². The second-order valence-electron chi connectivity index (χ2n) is 5.68. The minimum Gasteiger partial charge on any atom is -0.343 e. The summed E-state index contributed by atoms with van der Waals surface area (Å²) < 4.78 is 0. The number of hydrogen-bond acceptors (Lipinski definition) is 3. The first-order valence-corrected chi connectivity index (χ1v) is 7.34. The summed E-state index contributed by atoms with van der Waals surface area (Å²) in [5.41, 5.74) is 2.82. The molecule has 0 radical (unpaired) electrons. The van der Waals surface area contributed by atoms with Crippen molar-refractivity contribution in [1.82, 2.24) is 15.5 Å². The lowest BCUT2D eigenvalue weighted by molar-refractivity contribution is -0.131. The Balaban J connectivity index is 1.88. The van der Waals surface area contributed by atoms with E-state index >= 15 is 0 Å². The van der Waals surface area contributed by atoms with Gasteiger partial charge in [-0.1, -0.05) is 6.07 Å². The third-order valence-electron chi connectivity index (χ3n) is 3.89. The van der Waals surface area contributed by atoms with Crippen LogP contribution in [0.5, 0.6) is 0 Å². The van der Waals surface area contributed by atoms with Gasteiger partial charge in [0.2, 0.25) is 5.91 Å². The standard InChI is InChI=1S/C16H23N3O2/c1-11-4-5-14(8-12(11)2)16(21)18-9-15(20)19-7-6-17-13(3)10-19/h4-5,8,13,17H,6-7,9-10H2,1-3H3,(H,18,21)/t13-/m1/s1. The molecule has 1 aromatic rings. The molecule has 0 aliphatic carbocycles. The Morgan fingerprint density at radius 1 is 1.33 bits per heavy atom. The van der Waals surface area contributed by atoms with Crippen LogP contribution in [0.4, 0.5) is 0 Å². The van der Waals surface area contributed by atoms with Crippen LogP contribution in [0, 0.1) is 13.8 Å². The van der Waals surface area contributed by atoms with E-state index in [1.165, 1.54) is 0 Å². The molecule has 0 saturated carbocycles. The number of benzene rings is 1. The van der Waals surface area contributed by atoms with Crippen molar-refractivity contribution in [3.05, 3.63) is 34.9 Å². The molecule has 5 heteroatoms. The molecule has 114 valence electrons. The Kier molecular flexibility index (Phi) is 4.96. The molecule has 1 atom stereocenters. The van der Waals surface area contributed by atoms with Gasteiger partial charge in [-0.15, -0.1) is 0 Å². The van der Waals surface area contributed by atoms with Crippen LogP contribution < -0.4 is 10.6 Å². The van der Waals surface area contributed by atoms with Crippen LogP contribution in [-0.4, -0.2) is 48.9 Å². The van der Waals surface area contributed by atoms with Gasteiger partial charge in [0.15, 0.2) is 0 Å². The molecule has 2 N–H and O–H groups in total. The quantitative estimate of drug-likeness (QED) is 0.867. The molecule has 0 bridgehead atoms. The Bertz CT molecular complexity index is 542. The van der Waals surface area contributed by atoms with Gasteiger partial charge in [0.25, 0.3) is 5.91 Å². The summed E-state index contributed by atoms with van der Waals surface area (Å²) in [6.45, 7) is 8.27. The number of amides is 2. The number of piperazine rings is 1. The van der Waals surface area contributed by atoms with Crippen molar-refractivity contribution in [2.75, 3.05) is 26.2 Å². The van der Waals surface area contributed by atoms with Gasteiger partial charge >= 0.3 is 0 Å². The highest BCUT2D eigenvalue weighted by Crippen LogP contribution is 2.09. The first-order chi connectivity index (χ1) is 9.97. The molecule has 1 fully saturated rings. The van der Waals surface area contributed by atoms with Crippen molar-refractivity contribution in [2.24, 2.45) is 0 Å². The van der Waals surface area contributed by atoms with E-state index < -0.39 is 0 Å². The Hall–Kier alpha value is -1.88. The highest BCUT2D eigenvalue weighted by Gasteiger charge is 2.20. The van der Waals surface area contributed by atoms with E-state index in [9.17, 15) is 9.59 Å². The molecule has 1 heterocycles. The second-order valence-corrected chi connectivity index (χ2v) is 5.68. The number of carbonyl (C=O) groups is 2. The molecule has 5 nitrogen and oxygen atoms in total. The molecule has 2 amide bonds. The summed E-state index contributed by atoms with van der Waals surface area (Å²) in [5.74, 6) is -0.227. The average molecular weight is 289 g/mol. The summed E-state index contributed by atoms with van der Waals surface area (Å²) in [4.78, 5) is 25.9. The minimum atomic E-state index is -0.199. The van der Waals surface area contributed by atoms with Crippen LogP contribution in [0.3, 0.4) is 0 Å². The fourth-order valence-electron chi connectivity index (χ4n) is 2.41. The first kappa shape index (κ1) is 15.5. The van der Waals surface area contributed by atoms with Gasteiger partial charge < -0.3 is 15.5 Å². The van der Waals surface area contributed by atoms with Crippen LogP contribution in [0.25, 0.3) is 0 Å². The Labute approximate surface area is 125 Å². The molecule has 1 aromatic carbocycles. The second kappa shape index (κ2) is 6.72. The van der Waals surface area contributed by atoms with Gasteiger partial charge in [-0.25, -0.2) is 0 Å². The highest BCUT2D eigenvalue weighted by atomic mass is 16.2. The fourth-order valence-corrected chi connectivity index (χ4v) is 2.41. The molecule has 1 saturated heterocycles. The van der Waals surface area contributed by atoms with E-state index in [1.807, 2.05) is 32.9 Å². The number of nitrogens with one attached hydrogen (secondary N) is 2. The van der Waals surface area contributed by atoms with Gasteiger partial charge in [-0.2, -0.15) is 0 Å². The summed E-state index contributed by atoms with van der Waals surface area (Å²) in [6.07, 6.45) is 0. The van der Waals surface area contributed by atoms with Gasteiger partial charge in [0.1, 0.15) is 0 Å².